The van der Waals surface area contributed by atoms with Crippen molar-refractivity contribution in [3.05, 3.63) is 42.5 Å². The molecule has 1 fully saturated rings. The van der Waals surface area contributed by atoms with Crippen molar-refractivity contribution < 1.29 is 4.21 Å². The van der Waals surface area contributed by atoms with Crippen LogP contribution in [0.25, 0.3) is 4.91 Å². The van der Waals surface area contributed by atoms with Gasteiger partial charge in [0, 0.05) is 10.2 Å². The molecule has 0 spiro atoms. The van der Waals surface area contributed by atoms with Crippen LogP contribution in [0.5, 0.6) is 0 Å². The molecule has 0 radical (unpaired) electrons. The van der Waals surface area contributed by atoms with Crippen LogP contribution in [-0.4, -0.2) is 9.46 Å². The van der Waals surface area contributed by atoms with Crippen molar-refractivity contribution in [3.63, 3.8) is 0 Å². The fourth-order valence-corrected chi connectivity index (χ4v) is 3.58. The Kier molecular flexibility index (Phi) is 3.37. The van der Waals surface area contributed by atoms with E-state index in [9.17, 15) is 4.21 Å². The van der Waals surface area contributed by atoms with Crippen LogP contribution in [0, 0.1) is 0 Å². The molecule has 0 aliphatic heterocycles. The van der Waals surface area contributed by atoms with Gasteiger partial charge in [-0.25, -0.2) is 0 Å². The second kappa shape index (κ2) is 4.75. The highest BCUT2D eigenvalue weighted by atomic mass is 32.2. The molecule has 1 aromatic rings. The maximum absolute atomic E-state index is 12.2. The minimum Gasteiger partial charge on any atom is -0.254 e. The molecule has 0 heterocycles. The van der Waals surface area contributed by atoms with Crippen LogP contribution in [-0.2, 0) is 10.8 Å². The van der Waals surface area contributed by atoms with Crippen LogP contribution >= 0.6 is 0 Å². The van der Waals surface area contributed by atoms with E-state index < -0.39 is 10.8 Å². The van der Waals surface area contributed by atoms with Gasteiger partial charge in [0.05, 0.1) is 10.8 Å². The summed E-state index contributed by atoms with van der Waals surface area (Å²) in [5, 5.41) is 0.345. The van der Waals surface area contributed by atoms with Gasteiger partial charge in [0.1, 0.15) is 0 Å². The molecule has 0 unspecified atom stereocenters. The lowest BCUT2D eigenvalue weighted by Crippen LogP contribution is -2.10. The summed E-state index contributed by atoms with van der Waals surface area (Å²) in [6, 6.07) is 9.86. The van der Waals surface area contributed by atoms with Crippen LogP contribution in [0.4, 0.5) is 0 Å². The van der Waals surface area contributed by atoms with E-state index in [1.807, 2.05) is 30.3 Å². The standard InChI is InChI=1S/C13H16OS/c1-11(12-7-3-2-4-8-12)15(14)13-9-5-6-10-13/h2-4,7-8,13H,1,5-6,9-10H2/t15-/m1/s1. The lowest BCUT2D eigenvalue weighted by molar-refractivity contribution is 0.676. The Hall–Kier alpha value is -0.890. The summed E-state index contributed by atoms with van der Waals surface area (Å²) in [5.74, 6) is 0. The third kappa shape index (κ3) is 2.37. The lowest BCUT2D eigenvalue weighted by atomic mass is 10.2. The number of hydrogen-bond donors (Lipinski definition) is 0. The van der Waals surface area contributed by atoms with Crippen molar-refractivity contribution in [1.82, 2.24) is 0 Å². The van der Waals surface area contributed by atoms with E-state index in [-0.39, 0.29) is 0 Å². The first-order valence-corrected chi connectivity index (χ1v) is 6.65. The largest absolute Gasteiger partial charge is 0.254 e. The second-order valence-corrected chi connectivity index (χ2v) is 5.75. The maximum Gasteiger partial charge on any atom is 0.0560 e. The van der Waals surface area contributed by atoms with Gasteiger partial charge in [-0.05, 0) is 18.4 Å². The molecule has 1 aliphatic carbocycles. The summed E-state index contributed by atoms with van der Waals surface area (Å²) in [6.45, 7) is 3.97. The van der Waals surface area contributed by atoms with E-state index in [2.05, 4.69) is 6.58 Å². The highest BCUT2D eigenvalue weighted by molar-refractivity contribution is 7.95. The Morgan fingerprint density at radius 3 is 2.40 bits per heavy atom. The molecule has 0 aromatic heterocycles. The lowest BCUT2D eigenvalue weighted by Gasteiger charge is -2.11. The van der Waals surface area contributed by atoms with E-state index in [1.54, 1.807) is 0 Å². The predicted molar refractivity (Wildman–Crippen MR) is 65.9 cm³/mol. The molecule has 2 heteroatoms. The third-order valence-electron chi connectivity index (χ3n) is 2.94. The first-order chi connectivity index (χ1) is 7.29. The van der Waals surface area contributed by atoms with Crippen LogP contribution in [0.3, 0.4) is 0 Å². The normalized spacial score (nSPS) is 18.9. The van der Waals surface area contributed by atoms with Crippen molar-refractivity contribution in [2.75, 3.05) is 0 Å². The highest BCUT2D eigenvalue weighted by Crippen LogP contribution is 2.29. The van der Waals surface area contributed by atoms with Gasteiger partial charge in [0.25, 0.3) is 0 Å². The van der Waals surface area contributed by atoms with Gasteiger partial charge in [-0.3, -0.25) is 4.21 Å². The van der Waals surface area contributed by atoms with Gasteiger partial charge in [-0.15, -0.1) is 0 Å². The van der Waals surface area contributed by atoms with Crippen LogP contribution in [0.1, 0.15) is 31.2 Å². The molecule has 0 bridgehead atoms. The smallest absolute Gasteiger partial charge is 0.0560 e. The molecule has 80 valence electrons. The van der Waals surface area contributed by atoms with Crippen LogP contribution in [0.15, 0.2) is 36.9 Å². The molecule has 15 heavy (non-hydrogen) atoms. The topological polar surface area (TPSA) is 17.1 Å². The molecule has 0 amide bonds. The minimum absolute atomic E-state index is 0.345. The summed E-state index contributed by atoms with van der Waals surface area (Å²) in [6.07, 6.45) is 4.63. The Balaban J connectivity index is 2.11. The fourth-order valence-electron chi connectivity index (χ4n) is 2.04. The predicted octanol–water partition coefficient (Wildman–Crippen LogP) is 3.35. The molecule has 1 saturated carbocycles. The monoisotopic (exact) mass is 220 g/mol. The summed E-state index contributed by atoms with van der Waals surface area (Å²) in [7, 11) is -0.886. The molecule has 1 aromatic carbocycles. The summed E-state index contributed by atoms with van der Waals surface area (Å²) in [5.41, 5.74) is 1.02. The SMILES string of the molecule is C=C(c1ccccc1)[S@@](=O)C1CCCC1. The number of rotatable bonds is 3. The van der Waals surface area contributed by atoms with Crippen molar-refractivity contribution in [1.29, 1.82) is 0 Å². The van der Waals surface area contributed by atoms with Gasteiger partial charge < -0.3 is 0 Å². The highest BCUT2D eigenvalue weighted by Gasteiger charge is 2.23. The van der Waals surface area contributed by atoms with E-state index in [4.69, 9.17) is 0 Å². The minimum atomic E-state index is -0.886. The zero-order valence-electron chi connectivity index (χ0n) is 8.82. The molecule has 1 aliphatic rings. The van der Waals surface area contributed by atoms with E-state index in [0.717, 1.165) is 23.3 Å². The second-order valence-electron chi connectivity index (χ2n) is 3.99. The average Bonchev–Trinajstić information content (AvgIpc) is 2.82. The fraction of sp³-hybridized carbons (Fsp3) is 0.385. The van der Waals surface area contributed by atoms with Gasteiger partial charge in [0.2, 0.25) is 0 Å². The Bertz CT molecular complexity index is 363. The van der Waals surface area contributed by atoms with E-state index in [1.165, 1.54) is 12.8 Å². The summed E-state index contributed by atoms with van der Waals surface area (Å²) in [4.78, 5) is 0.794. The summed E-state index contributed by atoms with van der Waals surface area (Å²) >= 11 is 0. The maximum atomic E-state index is 12.2. The molecule has 1 atom stereocenters. The number of hydrogen-bond acceptors (Lipinski definition) is 1. The number of benzene rings is 1. The van der Waals surface area contributed by atoms with Crippen molar-refractivity contribution in [3.8, 4) is 0 Å². The molecule has 1 nitrogen and oxygen atoms in total. The summed E-state index contributed by atoms with van der Waals surface area (Å²) < 4.78 is 12.2. The molecule has 0 saturated heterocycles. The first kappa shape index (κ1) is 10.6. The van der Waals surface area contributed by atoms with Gasteiger partial charge >= 0.3 is 0 Å². The molecular weight excluding hydrogens is 204 g/mol. The molecule has 2 rings (SSSR count). The Morgan fingerprint density at radius 1 is 1.20 bits per heavy atom. The van der Waals surface area contributed by atoms with Crippen molar-refractivity contribution >= 4 is 15.7 Å². The Morgan fingerprint density at radius 2 is 1.80 bits per heavy atom. The quantitative estimate of drug-likeness (QED) is 0.763. The average molecular weight is 220 g/mol. The van der Waals surface area contributed by atoms with Crippen LogP contribution < -0.4 is 0 Å². The Labute approximate surface area is 93.7 Å². The third-order valence-corrected chi connectivity index (χ3v) is 4.74. The molecule has 0 N–H and O–H groups in total. The van der Waals surface area contributed by atoms with Crippen LogP contribution in [0.2, 0.25) is 0 Å². The van der Waals surface area contributed by atoms with Gasteiger partial charge in [0.15, 0.2) is 0 Å². The molecular formula is C13H16OS. The van der Waals surface area contributed by atoms with Gasteiger partial charge in [-0.1, -0.05) is 49.8 Å². The zero-order chi connectivity index (χ0) is 10.7. The zero-order valence-corrected chi connectivity index (χ0v) is 9.63. The van der Waals surface area contributed by atoms with E-state index in [0.29, 0.717) is 5.25 Å². The van der Waals surface area contributed by atoms with Gasteiger partial charge in [-0.2, -0.15) is 0 Å². The first-order valence-electron chi connectivity index (χ1n) is 5.44. The van der Waals surface area contributed by atoms with E-state index >= 15 is 0 Å². The van der Waals surface area contributed by atoms with Crippen molar-refractivity contribution in [2.45, 2.75) is 30.9 Å². The van der Waals surface area contributed by atoms with Crippen molar-refractivity contribution in [2.24, 2.45) is 0 Å².